The topological polar surface area (TPSA) is 55.5 Å². The molecule has 3 N–H and O–H groups in total. The Bertz CT molecular complexity index is 315. The molecule has 0 amide bonds. The van der Waals surface area contributed by atoms with Crippen LogP contribution in [0.15, 0.2) is 12.1 Å². The average molecular weight is 216 g/mol. The molecule has 1 aromatic carbocycles. The van der Waals surface area contributed by atoms with Crippen molar-refractivity contribution in [3.63, 3.8) is 0 Å². The van der Waals surface area contributed by atoms with Crippen molar-refractivity contribution in [3.8, 4) is 5.75 Å². The Balaban J connectivity index is 2.72. The van der Waals surface area contributed by atoms with Crippen molar-refractivity contribution in [1.29, 1.82) is 0 Å². The van der Waals surface area contributed by atoms with E-state index < -0.39 is 0 Å². The number of hydrogen-bond acceptors (Lipinski definition) is 3. The molecule has 78 valence electrons. The summed E-state index contributed by atoms with van der Waals surface area (Å²) in [5.74, 6) is 0.720. The van der Waals surface area contributed by atoms with Crippen LogP contribution >= 0.6 is 11.6 Å². The first-order chi connectivity index (χ1) is 6.65. The van der Waals surface area contributed by atoms with Gasteiger partial charge >= 0.3 is 0 Å². The molecular formula is C10H14ClNO2. The van der Waals surface area contributed by atoms with Gasteiger partial charge in [0, 0.05) is 19.1 Å². The van der Waals surface area contributed by atoms with Crippen LogP contribution in [-0.4, -0.2) is 18.3 Å². The molecule has 3 nitrogen and oxygen atoms in total. The molecule has 0 fully saturated rings. The number of anilines is 1. The third-order valence-electron chi connectivity index (χ3n) is 1.85. The number of aliphatic hydroxyl groups excluding tert-OH is 1. The molecule has 0 saturated heterocycles. The van der Waals surface area contributed by atoms with E-state index in [-0.39, 0.29) is 6.61 Å². The third-order valence-corrected chi connectivity index (χ3v) is 2.18. The van der Waals surface area contributed by atoms with Crippen molar-refractivity contribution in [3.05, 3.63) is 22.7 Å². The lowest BCUT2D eigenvalue weighted by molar-refractivity contribution is 0.233. The number of halogens is 1. The highest BCUT2D eigenvalue weighted by atomic mass is 35.5. The zero-order valence-corrected chi connectivity index (χ0v) is 8.84. The second-order valence-electron chi connectivity index (χ2n) is 3.06. The van der Waals surface area contributed by atoms with Gasteiger partial charge in [0.25, 0.3) is 0 Å². The molecule has 0 bridgehead atoms. The van der Waals surface area contributed by atoms with Crippen molar-refractivity contribution < 1.29 is 9.84 Å². The van der Waals surface area contributed by atoms with E-state index in [4.69, 9.17) is 27.2 Å². The molecule has 0 aliphatic rings. The van der Waals surface area contributed by atoms with Crippen LogP contribution in [-0.2, 0) is 0 Å². The maximum Gasteiger partial charge on any atom is 0.123 e. The standard InChI is InChI=1S/C10H14ClNO2/c1-7-5-9(12)8(11)6-10(7)14-4-2-3-13/h5-6,13H,2-4,12H2,1H3. The number of ether oxygens (including phenoxy) is 1. The van der Waals surface area contributed by atoms with Gasteiger partial charge in [-0.15, -0.1) is 0 Å². The van der Waals surface area contributed by atoms with E-state index >= 15 is 0 Å². The largest absolute Gasteiger partial charge is 0.493 e. The Morgan fingerprint density at radius 1 is 1.50 bits per heavy atom. The first kappa shape index (κ1) is 11.1. The summed E-state index contributed by atoms with van der Waals surface area (Å²) in [6.07, 6.45) is 0.613. The number of aliphatic hydroxyl groups is 1. The second kappa shape index (κ2) is 5.08. The molecule has 0 aliphatic heterocycles. The maximum atomic E-state index is 8.59. The van der Waals surface area contributed by atoms with Gasteiger partial charge in [0.1, 0.15) is 5.75 Å². The molecule has 14 heavy (non-hydrogen) atoms. The lowest BCUT2D eigenvalue weighted by Crippen LogP contribution is -2.01. The summed E-state index contributed by atoms with van der Waals surface area (Å²) in [6.45, 7) is 2.51. The highest BCUT2D eigenvalue weighted by Crippen LogP contribution is 2.28. The normalized spacial score (nSPS) is 10.2. The number of rotatable bonds is 4. The van der Waals surface area contributed by atoms with Crippen LogP contribution in [0.1, 0.15) is 12.0 Å². The van der Waals surface area contributed by atoms with Gasteiger partial charge in [-0.05, 0) is 18.6 Å². The number of benzene rings is 1. The lowest BCUT2D eigenvalue weighted by Gasteiger charge is -2.10. The molecule has 0 aliphatic carbocycles. The number of nitrogens with two attached hydrogens (primary N) is 1. The van der Waals surface area contributed by atoms with E-state index in [1.54, 1.807) is 12.1 Å². The van der Waals surface area contributed by atoms with Crippen molar-refractivity contribution >= 4 is 17.3 Å². The zero-order valence-electron chi connectivity index (χ0n) is 8.09. The smallest absolute Gasteiger partial charge is 0.123 e. The highest BCUT2D eigenvalue weighted by Gasteiger charge is 2.04. The molecule has 0 atom stereocenters. The summed E-state index contributed by atoms with van der Waals surface area (Å²) >= 11 is 5.84. The first-order valence-corrected chi connectivity index (χ1v) is 4.82. The van der Waals surface area contributed by atoms with Crippen molar-refractivity contribution in [2.45, 2.75) is 13.3 Å². The van der Waals surface area contributed by atoms with E-state index in [0.29, 0.717) is 23.7 Å². The van der Waals surface area contributed by atoms with Crippen molar-refractivity contribution in [2.75, 3.05) is 18.9 Å². The van der Waals surface area contributed by atoms with Gasteiger partial charge in [-0.3, -0.25) is 0 Å². The summed E-state index contributed by atoms with van der Waals surface area (Å²) in [5, 5.41) is 9.08. The zero-order chi connectivity index (χ0) is 10.6. The minimum absolute atomic E-state index is 0.127. The van der Waals surface area contributed by atoms with Crippen LogP contribution in [0.25, 0.3) is 0 Å². The molecule has 0 aromatic heterocycles. The molecule has 0 heterocycles. The molecule has 0 unspecified atom stereocenters. The fraction of sp³-hybridized carbons (Fsp3) is 0.400. The molecule has 1 rings (SSSR count). The monoisotopic (exact) mass is 215 g/mol. The van der Waals surface area contributed by atoms with Crippen LogP contribution in [0.2, 0.25) is 5.02 Å². The summed E-state index contributed by atoms with van der Waals surface area (Å²) in [5.41, 5.74) is 7.12. The van der Waals surface area contributed by atoms with Gasteiger partial charge in [-0.25, -0.2) is 0 Å². The molecule has 0 saturated carbocycles. The van der Waals surface area contributed by atoms with Gasteiger partial charge in [-0.1, -0.05) is 11.6 Å². The highest BCUT2D eigenvalue weighted by molar-refractivity contribution is 6.33. The van der Waals surface area contributed by atoms with E-state index in [1.807, 2.05) is 6.92 Å². The molecule has 0 radical (unpaired) electrons. The number of nitrogen functional groups attached to an aromatic ring is 1. The minimum Gasteiger partial charge on any atom is -0.493 e. The minimum atomic E-state index is 0.127. The number of aryl methyl sites for hydroxylation is 1. The van der Waals surface area contributed by atoms with Gasteiger partial charge in [0.15, 0.2) is 0 Å². The van der Waals surface area contributed by atoms with Crippen LogP contribution in [0, 0.1) is 6.92 Å². The van der Waals surface area contributed by atoms with E-state index in [0.717, 1.165) is 11.3 Å². The third kappa shape index (κ3) is 2.79. The van der Waals surface area contributed by atoms with Gasteiger partial charge in [0.2, 0.25) is 0 Å². The Hall–Kier alpha value is -0.930. The summed E-state index contributed by atoms with van der Waals surface area (Å²) in [4.78, 5) is 0. The Labute approximate surface area is 88.4 Å². The SMILES string of the molecule is Cc1cc(N)c(Cl)cc1OCCCO. The van der Waals surface area contributed by atoms with Crippen LogP contribution in [0.3, 0.4) is 0 Å². The van der Waals surface area contributed by atoms with Crippen LogP contribution < -0.4 is 10.5 Å². The van der Waals surface area contributed by atoms with Crippen molar-refractivity contribution in [1.82, 2.24) is 0 Å². The van der Waals surface area contributed by atoms with Gasteiger partial charge in [-0.2, -0.15) is 0 Å². The van der Waals surface area contributed by atoms with E-state index in [1.165, 1.54) is 0 Å². The van der Waals surface area contributed by atoms with Crippen molar-refractivity contribution in [2.24, 2.45) is 0 Å². The lowest BCUT2D eigenvalue weighted by atomic mass is 10.2. The molecule has 0 spiro atoms. The fourth-order valence-corrected chi connectivity index (χ4v) is 1.24. The fourth-order valence-electron chi connectivity index (χ4n) is 1.09. The molecular weight excluding hydrogens is 202 g/mol. The summed E-state index contributed by atoms with van der Waals surface area (Å²) in [7, 11) is 0. The maximum absolute atomic E-state index is 8.59. The van der Waals surface area contributed by atoms with Gasteiger partial charge < -0.3 is 15.6 Å². The van der Waals surface area contributed by atoms with E-state index in [2.05, 4.69) is 0 Å². The summed E-state index contributed by atoms with van der Waals surface area (Å²) < 4.78 is 5.41. The quantitative estimate of drug-likeness (QED) is 0.597. The van der Waals surface area contributed by atoms with Gasteiger partial charge in [0.05, 0.1) is 17.3 Å². The number of hydrogen-bond donors (Lipinski definition) is 2. The van der Waals surface area contributed by atoms with E-state index in [9.17, 15) is 0 Å². The molecule has 1 aromatic rings. The van der Waals surface area contributed by atoms with Crippen LogP contribution in [0.5, 0.6) is 5.75 Å². The predicted octanol–water partition coefficient (Wildman–Crippen LogP) is 1.99. The Morgan fingerprint density at radius 2 is 2.21 bits per heavy atom. The Morgan fingerprint density at radius 3 is 2.86 bits per heavy atom. The second-order valence-corrected chi connectivity index (χ2v) is 3.47. The first-order valence-electron chi connectivity index (χ1n) is 4.44. The summed E-state index contributed by atoms with van der Waals surface area (Å²) in [6, 6.07) is 3.47. The van der Waals surface area contributed by atoms with Crippen LogP contribution in [0.4, 0.5) is 5.69 Å². The predicted molar refractivity (Wildman–Crippen MR) is 57.8 cm³/mol. The molecule has 4 heteroatoms. The average Bonchev–Trinajstić information content (AvgIpc) is 2.14. The Kier molecular flexibility index (Phi) is 4.04.